The van der Waals surface area contributed by atoms with Gasteiger partial charge in [-0.3, -0.25) is 14.6 Å². The third-order valence-electron chi connectivity index (χ3n) is 3.10. The summed E-state index contributed by atoms with van der Waals surface area (Å²) in [5.41, 5.74) is -1.67. The SMILES string of the molecule is CC1(C)CNCCN1C(=O)c1c[nH]c(=O)[nH]c1=O. The molecule has 1 fully saturated rings. The van der Waals surface area contributed by atoms with E-state index in [9.17, 15) is 14.4 Å². The first-order valence-electron chi connectivity index (χ1n) is 5.76. The van der Waals surface area contributed by atoms with Gasteiger partial charge in [0.2, 0.25) is 0 Å². The van der Waals surface area contributed by atoms with E-state index < -0.39 is 11.2 Å². The maximum Gasteiger partial charge on any atom is 0.325 e. The van der Waals surface area contributed by atoms with Gasteiger partial charge in [0.05, 0.1) is 5.54 Å². The van der Waals surface area contributed by atoms with Crippen LogP contribution < -0.4 is 16.6 Å². The fourth-order valence-corrected chi connectivity index (χ4v) is 2.07. The van der Waals surface area contributed by atoms with Gasteiger partial charge in [0.15, 0.2) is 0 Å². The van der Waals surface area contributed by atoms with Gasteiger partial charge in [0.1, 0.15) is 5.56 Å². The number of amides is 1. The molecular weight excluding hydrogens is 236 g/mol. The second kappa shape index (κ2) is 4.41. The highest BCUT2D eigenvalue weighted by Gasteiger charge is 2.34. The van der Waals surface area contributed by atoms with E-state index >= 15 is 0 Å². The van der Waals surface area contributed by atoms with Gasteiger partial charge < -0.3 is 15.2 Å². The highest BCUT2D eigenvalue weighted by atomic mass is 16.2. The number of aromatic nitrogens is 2. The van der Waals surface area contributed by atoms with Crippen LogP contribution in [0.2, 0.25) is 0 Å². The van der Waals surface area contributed by atoms with Crippen molar-refractivity contribution in [3.8, 4) is 0 Å². The summed E-state index contributed by atoms with van der Waals surface area (Å²) in [5.74, 6) is -0.362. The van der Waals surface area contributed by atoms with E-state index in [1.54, 1.807) is 4.90 Å². The second-order valence-electron chi connectivity index (χ2n) is 4.93. The van der Waals surface area contributed by atoms with Crippen LogP contribution in [0.1, 0.15) is 24.2 Å². The number of hydrogen-bond acceptors (Lipinski definition) is 4. The van der Waals surface area contributed by atoms with Crippen molar-refractivity contribution in [2.75, 3.05) is 19.6 Å². The zero-order chi connectivity index (χ0) is 13.3. The van der Waals surface area contributed by atoms with E-state index in [4.69, 9.17) is 0 Å². The van der Waals surface area contributed by atoms with Crippen LogP contribution in [0, 0.1) is 0 Å². The normalized spacial score (nSPS) is 18.7. The summed E-state index contributed by atoms with van der Waals surface area (Å²) in [6.07, 6.45) is 1.17. The number of rotatable bonds is 1. The molecule has 1 saturated heterocycles. The van der Waals surface area contributed by atoms with Gasteiger partial charge >= 0.3 is 5.69 Å². The minimum absolute atomic E-state index is 0.0374. The Labute approximate surface area is 103 Å². The van der Waals surface area contributed by atoms with Crippen molar-refractivity contribution < 1.29 is 4.79 Å². The molecule has 0 aromatic carbocycles. The third-order valence-corrected chi connectivity index (χ3v) is 3.10. The minimum atomic E-state index is -0.655. The number of carbonyl (C=O) groups excluding carboxylic acids is 1. The first-order chi connectivity index (χ1) is 8.42. The van der Waals surface area contributed by atoms with Gasteiger partial charge in [-0.05, 0) is 13.8 Å². The quantitative estimate of drug-likeness (QED) is 0.590. The summed E-state index contributed by atoms with van der Waals surface area (Å²) < 4.78 is 0. The first kappa shape index (κ1) is 12.6. The standard InChI is InChI=1S/C11H16N4O3/c1-11(2)6-12-3-4-15(11)9(17)7-5-13-10(18)14-8(7)16/h5,12H,3-4,6H2,1-2H3,(H2,13,14,16,18). The van der Waals surface area contributed by atoms with Gasteiger partial charge in [0, 0.05) is 25.8 Å². The van der Waals surface area contributed by atoms with Gasteiger partial charge in [-0.25, -0.2) is 4.79 Å². The predicted octanol–water partition coefficient (Wildman–Crippen LogP) is -1.11. The lowest BCUT2D eigenvalue weighted by Crippen LogP contribution is -2.60. The van der Waals surface area contributed by atoms with Crippen LogP contribution in [0.5, 0.6) is 0 Å². The van der Waals surface area contributed by atoms with Gasteiger partial charge in [-0.15, -0.1) is 0 Å². The summed E-state index contributed by atoms with van der Waals surface area (Å²) in [5, 5.41) is 3.20. The molecule has 1 aromatic heterocycles. The predicted molar refractivity (Wildman–Crippen MR) is 65.7 cm³/mol. The maximum absolute atomic E-state index is 12.3. The van der Waals surface area contributed by atoms with Crippen LogP contribution >= 0.6 is 0 Å². The Morgan fingerprint density at radius 1 is 1.39 bits per heavy atom. The molecule has 18 heavy (non-hydrogen) atoms. The molecule has 7 nitrogen and oxygen atoms in total. The van der Waals surface area contributed by atoms with Crippen LogP contribution in [0.3, 0.4) is 0 Å². The zero-order valence-corrected chi connectivity index (χ0v) is 10.4. The van der Waals surface area contributed by atoms with E-state index in [1.807, 2.05) is 13.8 Å². The van der Waals surface area contributed by atoms with Gasteiger partial charge in [0.25, 0.3) is 11.5 Å². The Hall–Kier alpha value is -1.89. The second-order valence-corrected chi connectivity index (χ2v) is 4.93. The Balaban J connectivity index is 2.36. The Bertz CT molecular complexity index is 572. The lowest BCUT2D eigenvalue weighted by Gasteiger charge is -2.42. The molecule has 0 spiro atoms. The molecular formula is C11H16N4O3. The van der Waals surface area contributed by atoms with Crippen molar-refractivity contribution >= 4 is 5.91 Å². The summed E-state index contributed by atoms with van der Waals surface area (Å²) in [4.78, 5) is 40.8. The molecule has 0 saturated carbocycles. The smallest absolute Gasteiger partial charge is 0.325 e. The Morgan fingerprint density at radius 2 is 2.11 bits per heavy atom. The van der Waals surface area contributed by atoms with Crippen LogP contribution in [-0.2, 0) is 0 Å². The number of aromatic amines is 2. The van der Waals surface area contributed by atoms with E-state index in [1.165, 1.54) is 6.20 Å². The van der Waals surface area contributed by atoms with Crippen molar-refractivity contribution in [1.82, 2.24) is 20.2 Å². The van der Waals surface area contributed by atoms with Crippen molar-refractivity contribution in [2.45, 2.75) is 19.4 Å². The molecule has 0 bridgehead atoms. The van der Waals surface area contributed by atoms with Gasteiger partial charge in [-0.2, -0.15) is 0 Å². The molecule has 98 valence electrons. The first-order valence-corrected chi connectivity index (χ1v) is 5.76. The fourth-order valence-electron chi connectivity index (χ4n) is 2.07. The molecule has 1 aliphatic rings. The zero-order valence-electron chi connectivity index (χ0n) is 10.4. The fraction of sp³-hybridized carbons (Fsp3) is 0.545. The van der Waals surface area contributed by atoms with E-state index in [0.29, 0.717) is 19.6 Å². The van der Waals surface area contributed by atoms with E-state index in [2.05, 4.69) is 15.3 Å². The molecule has 1 aromatic rings. The number of hydrogen-bond donors (Lipinski definition) is 3. The number of H-pyrrole nitrogens is 2. The Kier molecular flexibility index (Phi) is 3.08. The molecule has 3 N–H and O–H groups in total. The monoisotopic (exact) mass is 252 g/mol. The van der Waals surface area contributed by atoms with Crippen molar-refractivity contribution in [3.63, 3.8) is 0 Å². The lowest BCUT2D eigenvalue weighted by molar-refractivity contribution is 0.0475. The van der Waals surface area contributed by atoms with Crippen LogP contribution in [0.4, 0.5) is 0 Å². The molecule has 7 heteroatoms. The minimum Gasteiger partial charge on any atom is -0.331 e. The largest absolute Gasteiger partial charge is 0.331 e. The van der Waals surface area contributed by atoms with Gasteiger partial charge in [-0.1, -0.05) is 0 Å². The van der Waals surface area contributed by atoms with E-state index in [0.717, 1.165) is 0 Å². The number of carbonyl (C=O) groups is 1. The van der Waals surface area contributed by atoms with Crippen LogP contribution in [0.15, 0.2) is 15.8 Å². The maximum atomic E-state index is 12.3. The van der Waals surface area contributed by atoms with Crippen molar-refractivity contribution in [2.24, 2.45) is 0 Å². The Morgan fingerprint density at radius 3 is 2.72 bits per heavy atom. The number of nitrogens with zero attached hydrogens (tertiary/aromatic N) is 1. The summed E-state index contributed by atoms with van der Waals surface area (Å²) >= 11 is 0. The molecule has 2 heterocycles. The molecule has 0 radical (unpaired) electrons. The van der Waals surface area contributed by atoms with Crippen molar-refractivity contribution in [3.05, 3.63) is 32.6 Å². The van der Waals surface area contributed by atoms with E-state index in [-0.39, 0.29) is 17.0 Å². The van der Waals surface area contributed by atoms with Crippen LogP contribution in [-0.4, -0.2) is 45.9 Å². The third kappa shape index (κ3) is 2.21. The molecule has 1 aliphatic heterocycles. The number of nitrogens with one attached hydrogen (secondary N) is 3. The topological polar surface area (TPSA) is 98.1 Å². The molecule has 0 atom stereocenters. The summed E-state index contributed by atoms with van der Waals surface area (Å²) in [7, 11) is 0. The highest BCUT2D eigenvalue weighted by molar-refractivity contribution is 5.94. The lowest BCUT2D eigenvalue weighted by atomic mass is 9.99. The highest BCUT2D eigenvalue weighted by Crippen LogP contribution is 2.17. The molecule has 0 aliphatic carbocycles. The summed E-state index contributed by atoms with van der Waals surface area (Å²) in [6, 6.07) is 0. The average Bonchev–Trinajstić information content (AvgIpc) is 2.27. The average molecular weight is 252 g/mol. The van der Waals surface area contributed by atoms with Crippen LogP contribution in [0.25, 0.3) is 0 Å². The molecule has 1 amide bonds. The number of piperazine rings is 1. The van der Waals surface area contributed by atoms with Crippen molar-refractivity contribution in [1.29, 1.82) is 0 Å². The molecule has 2 rings (SSSR count). The summed E-state index contributed by atoms with van der Waals surface area (Å²) in [6.45, 7) is 5.74. The molecule has 0 unspecified atom stereocenters.